The Labute approximate surface area is 150 Å². The maximum atomic E-state index is 12.0. The summed E-state index contributed by atoms with van der Waals surface area (Å²) >= 11 is 3.13. The fourth-order valence-electron chi connectivity index (χ4n) is 1.78. The normalized spacial score (nSPS) is 11.9. The van der Waals surface area contributed by atoms with E-state index in [0.29, 0.717) is 10.4 Å². The molecule has 2 aromatic rings. The molecule has 1 aromatic heterocycles. The quantitative estimate of drug-likeness (QED) is 0.338. The van der Waals surface area contributed by atoms with E-state index in [4.69, 9.17) is 9.15 Å². The molecule has 1 amide bonds. The van der Waals surface area contributed by atoms with E-state index in [-0.39, 0.29) is 11.4 Å². The van der Waals surface area contributed by atoms with Crippen molar-refractivity contribution in [3.8, 4) is 0 Å². The number of benzene rings is 1. The number of carbonyl (C=O) groups is 2. The number of non-ortho nitro benzene ring substituents is 1. The highest BCUT2D eigenvalue weighted by atomic mass is 79.9. The number of hydrogen-bond acceptors (Lipinski definition) is 6. The van der Waals surface area contributed by atoms with Crippen LogP contribution in [0.3, 0.4) is 0 Å². The van der Waals surface area contributed by atoms with Crippen molar-refractivity contribution in [3.63, 3.8) is 0 Å². The molecule has 0 saturated carbocycles. The molecular formula is C16H13BrN2O6. The molecule has 25 heavy (non-hydrogen) atoms. The van der Waals surface area contributed by atoms with Gasteiger partial charge in [0.15, 0.2) is 10.8 Å². The lowest BCUT2D eigenvalue weighted by atomic mass is 10.2. The van der Waals surface area contributed by atoms with E-state index >= 15 is 0 Å². The van der Waals surface area contributed by atoms with Crippen LogP contribution in [-0.2, 0) is 14.3 Å². The zero-order valence-corrected chi connectivity index (χ0v) is 14.6. The summed E-state index contributed by atoms with van der Waals surface area (Å²) in [5.74, 6) is -0.894. The van der Waals surface area contributed by atoms with Crippen LogP contribution in [0.4, 0.5) is 11.4 Å². The number of nitrogens with one attached hydrogen (secondary N) is 1. The zero-order chi connectivity index (χ0) is 18.4. The SMILES string of the molecule is CC(OC(=O)/C=C/c1ccc(Br)o1)C(=O)Nc1cccc([N+](=O)[O-])c1. The van der Waals surface area contributed by atoms with Gasteiger partial charge in [-0.25, -0.2) is 4.79 Å². The van der Waals surface area contributed by atoms with E-state index in [9.17, 15) is 19.7 Å². The second kappa shape index (κ2) is 8.25. The molecule has 1 heterocycles. The van der Waals surface area contributed by atoms with E-state index in [1.54, 1.807) is 12.1 Å². The van der Waals surface area contributed by atoms with Gasteiger partial charge in [-0.2, -0.15) is 0 Å². The van der Waals surface area contributed by atoms with Gasteiger partial charge < -0.3 is 14.5 Å². The van der Waals surface area contributed by atoms with Gasteiger partial charge in [-0.15, -0.1) is 0 Å². The highest BCUT2D eigenvalue weighted by Gasteiger charge is 2.17. The summed E-state index contributed by atoms with van der Waals surface area (Å²) in [5.41, 5.74) is 0.0769. The zero-order valence-electron chi connectivity index (χ0n) is 13.0. The highest BCUT2D eigenvalue weighted by Crippen LogP contribution is 2.17. The van der Waals surface area contributed by atoms with Crippen molar-refractivity contribution in [1.82, 2.24) is 0 Å². The summed E-state index contributed by atoms with van der Waals surface area (Å²) < 4.78 is 10.7. The molecule has 1 N–H and O–H groups in total. The van der Waals surface area contributed by atoms with Crippen LogP contribution in [0.2, 0.25) is 0 Å². The second-order valence-corrected chi connectivity index (χ2v) is 5.63. The fraction of sp³-hybridized carbons (Fsp3) is 0.125. The number of nitrogens with zero attached hydrogens (tertiary/aromatic N) is 1. The summed E-state index contributed by atoms with van der Waals surface area (Å²) in [5, 5.41) is 13.2. The number of anilines is 1. The first-order chi connectivity index (χ1) is 11.8. The Kier molecular flexibility index (Phi) is 6.07. The molecule has 9 heteroatoms. The van der Waals surface area contributed by atoms with Crippen LogP contribution < -0.4 is 5.32 Å². The largest absolute Gasteiger partial charge is 0.450 e. The fourth-order valence-corrected chi connectivity index (χ4v) is 2.10. The van der Waals surface area contributed by atoms with Crippen molar-refractivity contribution in [1.29, 1.82) is 0 Å². The Morgan fingerprint density at radius 3 is 2.76 bits per heavy atom. The number of ether oxygens (including phenoxy) is 1. The number of amides is 1. The van der Waals surface area contributed by atoms with Gasteiger partial charge in [0.25, 0.3) is 11.6 Å². The number of furan rings is 1. The van der Waals surface area contributed by atoms with Gasteiger partial charge >= 0.3 is 5.97 Å². The minimum absolute atomic E-state index is 0.157. The summed E-state index contributed by atoms with van der Waals surface area (Å²) in [6, 6.07) is 8.76. The van der Waals surface area contributed by atoms with Crippen molar-refractivity contribution in [2.45, 2.75) is 13.0 Å². The lowest BCUT2D eigenvalue weighted by Gasteiger charge is -2.12. The number of rotatable bonds is 6. The second-order valence-electron chi connectivity index (χ2n) is 4.85. The Morgan fingerprint density at radius 2 is 2.12 bits per heavy atom. The first-order valence-corrected chi connectivity index (χ1v) is 7.84. The minimum atomic E-state index is -1.08. The monoisotopic (exact) mass is 408 g/mol. The Hall–Kier alpha value is -2.94. The summed E-state index contributed by atoms with van der Waals surface area (Å²) in [6.45, 7) is 1.39. The summed E-state index contributed by atoms with van der Waals surface area (Å²) in [4.78, 5) is 33.8. The molecule has 0 saturated heterocycles. The van der Waals surface area contributed by atoms with Gasteiger partial charge in [0.1, 0.15) is 5.76 Å². The van der Waals surface area contributed by atoms with Crippen molar-refractivity contribution in [3.05, 3.63) is 63.0 Å². The Bertz CT molecular complexity index is 830. The van der Waals surface area contributed by atoms with Gasteiger partial charge in [-0.1, -0.05) is 6.07 Å². The first kappa shape index (κ1) is 18.4. The average molecular weight is 409 g/mol. The van der Waals surface area contributed by atoms with Crippen LogP contribution in [0.1, 0.15) is 12.7 Å². The highest BCUT2D eigenvalue weighted by molar-refractivity contribution is 9.10. The van der Waals surface area contributed by atoms with Crippen molar-refractivity contribution in [2.24, 2.45) is 0 Å². The van der Waals surface area contributed by atoms with Crippen molar-refractivity contribution >= 4 is 45.3 Å². The number of halogens is 1. The number of hydrogen-bond donors (Lipinski definition) is 1. The third-order valence-corrected chi connectivity index (χ3v) is 3.39. The summed E-state index contributed by atoms with van der Waals surface area (Å²) in [7, 11) is 0. The molecule has 0 fully saturated rings. The Balaban J connectivity index is 1.91. The van der Waals surface area contributed by atoms with Gasteiger partial charge in [-0.3, -0.25) is 14.9 Å². The molecule has 130 valence electrons. The molecule has 0 aliphatic heterocycles. The topological polar surface area (TPSA) is 112 Å². The number of esters is 1. The molecule has 1 aromatic carbocycles. The lowest BCUT2D eigenvalue weighted by Crippen LogP contribution is -2.29. The molecule has 0 aliphatic rings. The van der Waals surface area contributed by atoms with Gasteiger partial charge in [0.05, 0.1) is 4.92 Å². The lowest BCUT2D eigenvalue weighted by molar-refractivity contribution is -0.384. The number of nitro benzene ring substituents is 1. The molecule has 2 rings (SSSR count). The molecule has 0 radical (unpaired) electrons. The van der Waals surface area contributed by atoms with E-state index in [1.165, 1.54) is 37.3 Å². The van der Waals surface area contributed by atoms with Crippen LogP contribution in [0.25, 0.3) is 6.08 Å². The van der Waals surface area contributed by atoms with Crippen LogP contribution >= 0.6 is 15.9 Å². The van der Waals surface area contributed by atoms with Crippen LogP contribution in [0.5, 0.6) is 0 Å². The molecule has 1 unspecified atom stereocenters. The average Bonchev–Trinajstić information content (AvgIpc) is 2.98. The van der Waals surface area contributed by atoms with Crippen LogP contribution in [0, 0.1) is 10.1 Å². The van der Waals surface area contributed by atoms with Gasteiger partial charge in [0, 0.05) is 23.9 Å². The van der Waals surface area contributed by atoms with Gasteiger partial charge in [-0.05, 0) is 47.1 Å². The third-order valence-electron chi connectivity index (χ3n) is 2.96. The van der Waals surface area contributed by atoms with Crippen molar-refractivity contribution in [2.75, 3.05) is 5.32 Å². The maximum absolute atomic E-state index is 12.0. The number of carbonyl (C=O) groups excluding carboxylic acids is 2. The smallest absolute Gasteiger partial charge is 0.331 e. The standard InChI is InChI=1S/C16H13BrN2O6/c1-10(24-15(20)8-6-13-5-7-14(17)25-13)16(21)18-11-3-2-4-12(9-11)19(22)23/h2-10H,1H3,(H,18,21)/b8-6+. The molecule has 8 nitrogen and oxygen atoms in total. The molecule has 1 atom stereocenters. The van der Waals surface area contributed by atoms with Gasteiger partial charge in [0.2, 0.25) is 0 Å². The Morgan fingerprint density at radius 1 is 1.36 bits per heavy atom. The van der Waals surface area contributed by atoms with E-state index in [2.05, 4.69) is 21.2 Å². The van der Waals surface area contributed by atoms with E-state index in [0.717, 1.165) is 6.08 Å². The predicted molar refractivity (Wildman–Crippen MR) is 92.7 cm³/mol. The maximum Gasteiger partial charge on any atom is 0.331 e. The first-order valence-electron chi connectivity index (χ1n) is 7.04. The minimum Gasteiger partial charge on any atom is -0.450 e. The molecule has 0 spiro atoms. The molecular weight excluding hydrogens is 396 g/mol. The molecule has 0 bridgehead atoms. The van der Waals surface area contributed by atoms with E-state index in [1.807, 2.05) is 0 Å². The van der Waals surface area contributed by atoms with Crippen LogP contribution in [0.15, 0.2) is 51.6 Å². The third kappa shape index (κ3) is 5.57. The molecule has 0 aliphatic carbocycles. The number of nitro groups is 1. The van der Waals surface area contributed by atoms with Crippen molar-refractivity contribution < 1.29 is 23.7 Å². The summed E-state index contributed by atoms with van der Waals surface area (Å²) in [6.07, 6.45) is 1.44. The predicted octanol–water partition coefficient (Wildman–Crippen LogP) is 3.53. The van der Waals surface area contributed by atoms with E-state index < -0.39 is 22.9 Å². The van der Waals surface area contributed by atoms with Crippen LogP contribution in [-0.4, -0.2) is 22.9 Å².